The van der Waals surface area contributed by atoms with Crippen LogP contribution >= 0.6 is 0 Å². The van der Waals surface area contributed by atoms with Gasteiger partial charge in [0.25, 0.3) is 5.91 Å². The van der Waals surface area contributed by atoms with E-state index < -0.39 is 36.4 Å². The van der Waals surface area contributed by atoms with E-state index in [0.29, 0.717) is 18.4 Å². The molecule has 0 aliphatic carbocycles. The highest BCUT2D eigenvalue weighted by atomic mass is 19.3. The van der Waals surface area contributed by atoms with Crippen LogP contribution in [0, 0.1) is 0 Å². The zero-order chi connectivity index (χ0) is 21.4. The monoisotopic (exact) mass is 409 g/mol. The molecule has 1 fully saturated rings. The summed E-state index contributed by atoms with van der Waals surface area (Å²) < 4.78 is 32.6. The molecule has 2 atom stereocenters. The molecule has 1 heterocycles. The van der Waals surface area contributed by atoms with E-state index in [-0.39, 0.29) is 6.54 Å². The summed E-state index contributed by atoms with van der Waals surface area (Å²) in [6, 6.07) is 5.89. The van der Waals surface area contributed by atoms with Gasteiger partial charge in [0.1, 0.15) is 0 Å². The fourth-order valence-electron chi connectivity index (χ4n) is 3.39. The van der Waals surface area contributed by atoms with Crippen molar-refractivity contribution in [3.05, 3.63) is 47.5 Å². The maximum absolute atomic E-state index is 14.0. The van der Waals surface area contributed by atoms with Gasteiger partial charge in [0, 0.05) is 13.0 Å². The average molecular weight is 409 g/mol. The number of carbonyl (C=O) groups excluding carboxylic acids is 2. The Balaban J connectivity index is 1.99. The van der Waals surface area contributed by atoms with Gasteiger partial charge in [-0.2, -0.15) is 8.78 Å². The summed E-state index contributed by atoms with van der Waals surface area (Å²) in [7, 11) is 1.30. The molecule has 1 saturated heterocycles. The standard InChI is InChI=1S/C22H29F2NO4/c1-3-4-5-6-19(26)12-11-18-15-22(23,24)21(28)25(18)14-13-16-7-9-17(10-8-16)20(27)29-2/h7-12,18-19,26H,3-6,13-15H2,1-2H3/t18-,19-/m0/s1. The maximum Gasteiger partial charge on any atom is 0.337 e. The van der Waals surface area contributed by atoms with E-state index in [1.807, 2.05) is 0 Å². The summed E-state index contributed by atoms with van der Waals surface area (Å²) >= 11 is 0. The number of hydrogen-bond donors (Lipinski definition) is 1. The molecule has 0 radical (unpaired) electrons. The molecular formula is C22H29F2NO4. The first-order valence-corrected chi connectivity index (χ1v) is 10.0. The summed E-state index contributed by atoms with van der Waals surface area (Å²) in [5.41, 5.74) is 1.22. The number of aliphatic hydroxyl groups is 1. The van der Waals surface area contributed by atoms with Gasteiger partial charge in [-0.3, -0.25) is 4.79 Å². The number of halogens is 2. The predicted octanol–water partition coefficient (Wildman–Crippen LogP) is 3.75. The number of ether oxygens (including phenoxy) is 1. The predicted molar refractivity (Wildman–Crippen MR) is 106 cm³/mol. The molecule has 1 amide bonds. The summed E-state index contributed by atoms with van der Waals surface area (Å²) in [6.45, 7) is 2.20. The number of nitrogens with zero attached hydrogens (tertiary/aromatic N) is 1. The van der Waals surface area contributed by atoms with Crippen LogP contribution in [0.2, 0.25) is 0 Å². The van der Waals surface area contributed by atoms with Gasteiger partial charge < -0.3 is 14.7 Å². The number of amides is 1. The number of benzene rings is 1. The van der Waals surface area contributed by atoms with Gasteiger partial charge in [-0.1, -0.05) is 50.5 Å². The molecule has 1 N–H and O–H groups in total. The second kappa shape index (κ2) is 10.5. The van der Waals surface area contributed by atoms with E-state index in [9.17, 15) is 23.5 Å². The lowest BCUT2D eigenvalue weighted by Gasteiger charge is -2.22. The number of esters is 1. The van der Waals surface area contributed by atoms with Crippen molar-refractivity contribution in [3.63, 3.8) is 0 Å². The number of unbranched alkanes of at least 4 members (excludes halogenated alkanes) is 2. The number of rotatable bonds is 10. The first kappa shape index (κ1) is 23.0. The number of hydrogen-bond acceptors (Lipinski definition) is 4. The van der Waals surface area contributed by atoms with Gasteiger partial charge in [0.05, 0.1) is 24.8 Å². The van der Waals surface area contributed by atoms with Crippen LogP contribution in [0.1, 0.15) is 54.9 Å². The van der Waals surface area contributed by atoms with Crippen LogP contribution in [0.25, 0.3) is 0 Å². The van der Waals surface area contributed by atoms with Gasteiger partial charge >= 0.3 is 11.9 Å². The molecule has 0 saturated carbocycles. The lowest BCUT2D eigenvalue weighted by molar-refractivity contribution is -0.148. The third kappa shape index (κ3) is 6.35. The molecule has 1 aliphatic rings. The topological polar surface area (TPSA) is 66.8 Å². The van der Waals surface area contributed by atoms with Crippen LogP contribution < -0.4 is 0 Å². The van der Waals surface area contributed by atoms with Crippen molar-refractivity contribution in [2.24, 2.45) is 0 Å². The first-order valence-electron chi connectivity index (χ1n) is 10.0. The van der Waals surface area contributed by atoms with Gasteiger partial charge in [0.2, 0.25) is 0 Å². The van der Waals surface area contributed by atoms with Crippen molar-refractivity contribution in [1.82, 2.24) is 4.90 Å². The SMILES string of the molecule is CCCCC[C@H](O)C=C[C@H]1CC(F)(F)C(=O)N1CCc1ccc(C(=O)OC)cc1. The zero-order valence-electron chi connectivity index (χ0n) is 16.9. The summed E-state index contributed by atoms with van der Waals surface area (Å²) in [4.78, 5) is 24.8. The Morgan fingerprint density at radius 3 is 2.66 bits per heavy atom. The van der Waals surface area contributed by atoms with E-state index in [0.717, 1.165) is 24.8 Å². The molecule has 160 valence electrons. The van der Waals surface area contributed by atoms with Crippen LogP contribution in [-0.4, -0.2) is 53.6 Å². The van der Waals surface area contributed by atoms with Crippen LogP contribution in [0.5, 0.6) is 0 Å². The van der Waals surface area contributed by atoms with E-state index in [1.54, 1.807) is 24.3 Å². The maximum atomic E-state index is 14.0. The molecule has 1 aromatic rings. The van der Waals surface area contributed by atoms with Gasteiger partial charge in [-0.25, -0.2) is 4.79 Å². The van der Waals surface area contributed by atoms with Crippen molar-refractivity contribution < 1.29 is 28.2 Å². The minimum Gasteiger partial charge on any atom is -0.465 e. The normalized spacial score (nSPS) is 19.7. The molecule has 0 aromatic heterocycles. The summed E-state index contributed by atoms with van der Waals surface area (Å²) in [5, 5.41) is 10.0. The lowest BCUT2D eigenvalue weighted by Crippen LogP contribution is -2.37. The van der Waals surface area contributed by atoms with Crippen LogP contribution in [0.15, 0.2) is 36.4 Å². The lowest BCUT2D eigenvalue weighted by atomic mass is 10.1. The van der Waals surface area contributed by atoms with E-state index >= 15 is 0 Å². The summed E-state index contributed by atoms with van der Waals surface area (Å²) in [5.74, 6) is -5.02. The molecule has 0 bridgehead atoms. The second-order valence-electron chi connectivity index (χ2n) is 7.36. The number of likely N-dealkylation sites (tertiary alicyclic amines) is 1. The Labute approximate surface area is 170 Å². The van der Waals surface area contributed by atoms with Gasteiger partial charge in [-0.05, 0) is 30.5 Å². The highest BCUT2D eigenvalue weighted by Gasteiger charge is 2.52. The van der Waals surface area contributed by atoms with Crippen LogP contribution in [0.4, 0.5) is 8.78 Å². The minimum absolute atomic E-state index is 0.132. The van der Waals surface area contributed by atoms with Crippen molar-refractivity contribution >= 4 is 11.9 Å². The fraction of sp³-hybridized carbons (Fsp3) is 0.545. The Kier molecular flexibility index (Phi) is 8.32. The zero-order valence-corrected chi connectivity index (χ0v) is 16.9. The highest BCUT2D eigenvalue weighted by Crippen LogP contribution is 2.34. The number of methoxy groups -OCH3 is 1. The quantitative estimate of drug-likeness (QED) is 0.363. The van der Waals surface area contributed by atoms with E-state index in [1.165, 1.54) is 24.2 Å². The van der Waals surface area contributed by atoms with Gasteiger partial charge in [0.15, 0.2) is 0 Å². The Morgan fingerprint density at radius 2 is 2.03 bits per heavy atom. The number of aliphatic hydroxyl groups excluding tert-OH is 1. The molecular weight excluding hydrogens is 380 g/mol. The molecule has 29 heavy (non-hydrogen) atoms. The Hall–Kier alpha value is -2.28. The molecule has 2 rings (SSSR count). The van der Waals surface area contributed by atoms with Crippen molar-refractivity contribution in [2.45, 2.75) is 63.5 Å². The molecule has 0 spiro atoms. The molecule has 7 heteroatoms. The van der Waals surface area contributed by atoms with Crippen LogP contribution in [0.3, 0.4) is 0 Å². The first-order chi connectivity index (χ1) is 13.8. The Bertz CT molecular complexity index is 718. The Morgan fingerprint density at radius 1 is 1.34 bits per heavy atom. The molecule has 1 aromatic carbocycles. The third-order valence-corrected chi connectivity index (χ3v) is 5.11. The third-order valence-electron chi connectivity index (χ3n) is 5.11. The molecule has 1 aliphatic heterocycles. The summed E-state index contributed by atoms with van der Waals surface area (Å²) in [6.07, 6.45) is 5.64. The highest BCUT2D eigenvalue weighted by molar-refractivity contribution is 5.89. The number of carbonyl (C=O) groups is 2. The number of alkyl halides is 2. The average Bonchev–Trinajstić information content (AvgIpc) is 2.93. The van der Waals surface area contributed by atoms with Crippen molar-refractivity contribution in [1.29, 1.82) is 0 Å². The van der Waals surface area contributed by atoms with Crippen molar-refractivity contribution in [2.75, 3.05) is 13.7 Å². The molecule has 5 nitrogen and oxygen atoms in total. The van der Waals surface area contributed by atoms with E-state index in [2.05, 4.69) is 11.7 Å². The van der Waals surface area contributed by atoms with Crippen LogP contribution in [-0.2, 0) is 16.0 Å². The fourth-order valence-corrected chi connectivity index (χ4v) is 3.39. The van der Waals surface area contributed by atoms with Gasteiger partial charge in [-0.15, -0.1) is 0 Å². The van der Waals surface area contributed by atoms with E-state index in [4.69, 9.17) is 0 Å². The second-order valence-corrected chi connectivity index (χ2v) is 7.36. The largest absolute Gasteiger partial charge is 0.465 e. The van der Waals surface area contributed by atoms with Crippen molar-refractivity contribution in [3.8, 4) is 0 Å². The molecule has 0 unspecified atom stereocenters. The smallest absolute Gasteiger partial charge is 0.337 e. The minimum atomic E-state index is -3.39.